The van der Waals surface area contributed by atoms with Gasteiger partial charge in [-0.05, 0) is 48.5 Å². The molecule has 11 heteroatoms. The Kier molecular flexibility index (Phi) is 18.5. The second-order valence-electron chi connectivity index (χ2n) is 7.95. The van der Waals surface area contributed by atoms with Crippen LogP contribution in [0.1, 0.15) is 0 Å². The molecule has 0 radical (unpaired) electrons. The summed E-state index contributed by atoms with van der Waals surface area (Å²) in [6, 6.07) is 15.7. The molecule has 11 N–H and O–H groups in total. The van der Waals surface area contributed by atoms with Crippen molar-refractivity contribution in [2.45, 2.75) is 0 Å². The van der Waals surface area contributed by atoms with E-state index in [0.717, 1.165) is 73.5 Å². The van der Waals surface area contributed by atoms with Gasteiger partial charge in [0.15, 0.2) is 0 Å². The molecule has 0 aliphatic heterocycles. The summed E-state index contributed by atoms with van der Waals surface area (Å²) in [4.78, 5) is 1.72. The molecule has 0 saturated heterocycles. The Balaban J connectivity index is 0.000000649. The van der Waals surface area contributed by atoms with Gasteiger partial charge in [-0.25, -0.2) is 0 Å². The zero-order valence-electron chi connectivity index (χ0n) is 22.1. The van der Waals surface area contributed by atoms with Crippen molar-refractivity contribution >= 4 is 44.3 Å². The van der Waals surface area contributed by atoms with E-state index in [1.807, 2.05) is 84.2 Å². The molecule has 206 valence electrons. The van der Waals surface area contributed by atoms with E-state index >= 15 is 0 Å². The molecule has 9 nitrogen and oxygen atoms in total. The summed E-state index contributed by atoms with van der Waals surface area (Å²) in [6.45, 7) is 9.33. The van der Waals surface area contributed by atoms with Gasteiger partial charge in [0.05, 0.1) is 5.82 Å². The van der Waals surface area contributed by atoms with Gasteiger partial charge in [0, 0.05) is 100 Å². The Morgan fingerprint density at radius 1 is 0.784 bits per heavy atom. The van der Waals surface area contributed by atoms with Crippen molar-refractivity contribution in [1.82, 2.24) is 20.9 Å². The number of nitrogen functional groups attached to an aromatic ring is 2. The maximum atomic E-state index is 5.67. The maximum absolute atomic E-state index is 5.67. The molecule has 0 atom stereocenters. The van der Waals surface area contributed by atoms with Crippen LogP contribution in [0.25, 0.3) is 0 Å². The molecule has 0 unspecified atom stereocenters. The van der Waals surface area contributed by atoms with E-state index in [9.17, 15) is 0 Å². The summed E-state index contributed by atoms with van der Waals surface area (Å²) in [5.41, 5.74) is 20.5. The Morgan fingerprint density at radius 3 is 1.59 bits per heavy atom. The molecule has 0 fully saturated rings. The summed E-state index contributed by atoms with van der Waals surface area (Å²) in [5.74, 6) is 2.76. The van der Waals surface area contributed by atoms with Crippen LogP contribution in [-0.2, 0) is 0 Å². The molecule has 0 amide bonds. The summed E-state index contributed by atoms with van der Waals surface area (Å²) in [6.07, 6.45) is 3.57. The second-order valence-corrected chi connectivity index (χ2v) is 10.7. The van der Waals surface area contributed by atoms with Crippen LogP contribution >= 0.6 is 21.6 Å². The Labute approximate surface area is 230 Å². The average molecular weight is 548 g/mol. The summed E-state index contributed by atoms with van der Waals surface area (Å²) in [7, 11) is 7.50. The van der Waals surface area contributed by atoms with E-state index in [1.54, 1.807) is 17.3 Å². The Morgan fingerprint density at radius 2 is 1.22 bits per heavy atom. The van der Waals surface area contributed by atoms with Crippen LogP contribution in [0.15, 0.2) is 73.3 Å². The van der Waals surface area contributed by atoms with Gasteiger partial charge in [-0.3, -0.25) is 0 Å². The zero-order chi connectivity index (χ0) is 27.1. The highest BCUT2D eigenvalue weighted by molar-refractivity contribution is 8.76. The van der Waals surface area contributed by atoms with Gasteiger partial charge in [0.1, 0.15) is 0 Å². The predicted molar refractivity (Wildman–Crippen MR) is 169 cm³/mol. The number of hydrogen-bond donors (Lipinski definition) is 8. The van der Waals surface area contributed by atoms with Gasteiger partial charge < -0.3 is 48.7 Å². The van der Waals surface area contributed by atoms with Crippen LogP contribution in [0.5, 0.6) is 0 Å². The number of nitrogens with two attached hydrogens (primary N) is 3. The van der Waals surface area contributed by atoms with Gasteiger partial charge >= 0.3 is 0 Å². The molecular weight excluding hydrogens is 502 g/mol. The van der Waals surface area contributed by atoms with E-state index in [2.05, 4.69) is 33.2 Å². The first kappa shape index (κ1) is 32.2. The first-order valence-electron chi connectivity index (χ1n) is 12.3. The van der Waals surface area contributed by atoms with Crippen LogP contribution in [0.2, 0.25) is 0 Å². The smallest absolute Gasteiger partial charge is 0.0950 e. The van der Waals surface area contributed by atoms with Crippen molar-refractivity contribution in [1.29, 1.82) is 0 Å². The molecule has 0 aliphatic rings. The topological polar surface area (TPSA) is 141 Å². The van der Waals surface area contributed by atoms with Crippen molar-refractivity contribution in [3.05, 3.63) is 73.3 Å². The largest absolute Gasteiger partial charge is 0.399 e. The fourth-order valence-electron chi connectivity index (χ4n) is 2.67. The minimum Gasteiger partial charge on any atom is -0.399 e. The monoisotopic (exact) mass is 547 g/mol. The van der Waals surface area contributed by atoms with Gasteiger partial charge in [-0.15, -0.1) is 0 Å². The van der Waals surface area contributed by atoms with E-state index < -0.39 is 0 Å². The quantitative estimate of drug-likeness (QED) is 0.0793. The molecule has 0 aromatic heterocycles. The Bertz CT molecular complexity index is 804. The van der Waals surface area contributed by atoms with Gasteiger partial charge in [-0.2, -0.15) is 0 Å². The number of anilines is 4. The lowest BCUT2D eigenvalue weighted by molar-refractivity contribution is 0.560. The van der Waals surface area contributed by atoms with E-state index in [4.69, 9.17) is 17.2 Å². The summed E-state index contributed by atoms with van der Waals surface area (Å²) in [5, 5.41) is 16.5. The van der Waals surface area contributed by atoms with E-state index in [0.29, 0.717) is 5.82 Å². The molecule has 2 aromatic carbocycles. The van der Waals surface area contributed by atoms with Gasteiger partial charge in [0.25, 0.3) is 0 Å². The fraction of sp³-hybridized carbons (Fsp3) is 0.385. The molecule has 0 spiro atoms. The number of rotatable bonds is 18. The molecule has 0 bridgehead atoms. The average Bonchev–Trinajstić information content (AvgIpc) is 2.89. The van der Waals surface area contributed by atoms with Crippen molar-refractivity contribution in [2.75, 3.05) is 87.0 Å². The zero-order valence-corrected chi connectivity index (χ0v) is 23.8. The van der Waals surface area contributed by atoms with E-state index in [-0.39, 0.29) is 0 Å². The molecule has 2 aromatic rings. The third-order valence-electron chi connectivity index (χ3n) is 4.81. The molecular formula is C26H45N9S2. The van der Waals surface area contributed by atoms with Crippen molar-refractivity contribution in [2.24, 2.45) is 5.73 Å². The third kappa shape index (κ3) is 18.1. The van der Waals surface area contributed by atoms with Crippen LogP contribution in [-0.4, -0.2) is 69.8 Å². The van der Waals surface area contributed by atoms with Gasteiger partial charge in [0.2, 0.25) is 0 Å². The van der Waals surface area contributed by atoms with Crippen LogP contribution in [0, 0.1) is 0 Å². The first-order valence-corrected chi connectivity index (χ1v) is 14.8. The second kappa shape index (κ2) is 21.2. The van der Waals surface area contributed by atoms with Crippen LogP contribution in [0.3, 0.4) is 0 Å². The van der Waals surface area contributed by atoms with Crippen molar-refractivity contribution < 1.29 is 0 Å². The first-order chi connectivity index (χ1) is 17.9. The fourth-order valence-corrected chi connectivity index (χ4v) is 4.57. The predicted octanol–water partition coefficient (Wildman–Crippen LogP) is 2.97. The van der Waals surface area contributed by atoms with Crippen LogP contribution < -0.4 is 43.8 Å². The molecule has 2 rings (SSSR count). The normalized spacial score (nSPS) is 10.4. The number of benzene rings is 2. The van der Waals surface area contributed by atoms with Crippen molar-refractivity contribution in [3.8, 4) is 0 Å². The molecule has 0 aliphatic carbocycles. The lowest BCUT2D eigenvalue weighted by Crippen LogP contribution is -2.24. The lowest BCUT2D eigenvalue weighted by Gasteiger charge is -2.11. The maximum Gasteiger partial charge on any atom is 0.0950 e. The highest BCUT2D eigenvalue weighted by Crippen LogP contribution is 2.19. The van der Waals surface area contributed by atoms with E-state index in [1.165, 1.54) is 0 Å². The Hall–Kier alpha value is -2.86. The standard InChI is InChI=1S/C20H32N6S2.C6H13N3/c21-17-1-5-19(6-2-17)25-11-9-23-13-15-27-28-16-14-24-10-12-26-20-7-3-18(22)4-8-20;1-6(7)9(3)5-4-8-2/h1-8,23-26H,9-16,21-22H2;4-5,8H,1,7H2,2-3H3/b;5-4-. The summed E-state index contributed by atoms with van der Waals surface area (Å²) >= 11 is 0. The molecule has 0 saturated carbocycles. The molecule has 0 heterocycles. The number of nitrogens with one attached hydrogen (secondary N) is 5. The van der Waals surface area contributed by atoms with Gasteiger partial charge in [-0.1, -0.05) is 28.2 Å². The highest BCUT2D eigenvalue weighted by atomic mass is 33.1. The summed E-state index contributed by atoms with van der Waals surface area (Å²) < 4.78 is 0. The minimum atomic E-state index is 0.529. The van der Waals surface area contributed by atoms with Crippen molar-refractivity contribution in [3.63, 3.8) is 0 Å². The minimum absolute atomic E-state index is 0.529. The number of hydrogen-bond acceptors (Lipinski definition) is 11. The van der Waals surface area contributed by atoms with Crippen LogP contribution in [0.4, 0.5) is 22.7 Å². The lowest BCUT2D eigenvalue weighted by atomic mass is 10.3. The highest BCUT2D eigenvalue weighted by Gasteiger charge is 1.95. The SMILES string of the molecule is C=C(N)N(C)/C=C\NC.Nc1ccc(NCCNCCSSCCNCCNc2ccc(N)cc2)cc1. The molecule has 37 heavy (non-hydrogen) atoms. The third-order valence-corrected chi connectivity index (χ3v) is 7.22. The number of nitrogens with zero attached hydrogens (tertiary/aromatic N) is 1.